The quantitative estimate of drug-likeness (QED) is 0.0610. The monoisotopic (exact) mass is 1030 g/mol. The van der Waals surface area contributed by atoms with Gasteiger partial charge in [-0.05, 0) is 131 Å². The summed E-state index contributed by atoms with van der Waals surface area (Å²) < 4.78 is 61.1. The number of hydrogen-bond donors (Lipinski definition) is 1. The summed E-state index contributed by atoms with van der Waals surface area (Å²) in [6.45, 7) is 39.7. The van der Waals surface area contributed by atoms with Gasteiger partial charge in [0.25, 0.3) is 0 Å². The molecule has 2 aromatic rings. The normalized spacial score (nSPS) is 23.0. The first-order chi connectivity index (χ1) is 32.4. The van der Waals surface area contributed by atoms with Crippen LogP contribution < -0.4 is 9.47 Å². The van der Waals surface area contributed by atoms with Gasteiger partial charge < -0.3 is 56.6 Å². The number of carbonyl (C=O) groups is 1. The highest BCUT2D eigenvalue weighted by atomic mass is 28.4. The van der Waals surface area contributed by atoms with Gasteiger partial charge in [-0.3, -0.25) is 0 Å². The fourth-order valence-electron chi connectivity index (χ4n) is 7.64. The van der Waals surface area contributed by atoms with Crippen LogP contribution in [0.5, 0.6) is 11.5 Å². The van der Waals surface area contributed by atoms with Crippen molar-refractivity contribution in [1.29, 1.82) is 0 Å². The number of rotatable bonds is 24. The summed E-state index contributed by atoms with van der Waals surface area (Å²) >= 11 is 0. The van der Waals surface area contributed by atoms with E-state index in [2.05, 4.69) is 114 Å². The van der Waals surface area contributed by atoms with Crippen LogP contribution >= 0.6 is 0 Å². The minimum absolute atomic E-state index is 0. The van der Waals surface area contributed by atoms with Gasteiger partial charge >= 0.3 is 0 Å². The molecule has 14 heteroatoms. The molecule has 406 valence electrons. The molecule has 0 aliphatic carbocycles. The van der Waals surface area contributed by atoms with E-state index in [1.165, 1.54) is 0 Å². The molecule has 12 nitrogen and oxygen atoms in total. The van der Waals surface area contributed by atoms with Crippen LogP contribution in [0.1, 0.15) is 128 Å². The van der Waals surface area contributed by atoms with Crippen molar-refractivity contribution in [2.24, 2.45) is 11.8 Å². The maximum atomic E-state index is 11.3. The van der Waals surface area contributed by atoms with Gasteiger partial charge in [0, 0.05) is 25.2 Å². The molecule has 0 radical (unpaired) electrons. The second-order valence-corrected chi connectivity index (χ2v) is 32.6. The summed E-state index contributed by atoms with van der Waals surface area (Å²) in [7, 11) is -0.443. The van der Waals surface area contributed by atoms with E-state index in [0.29, 0.717) is 19.6 Å². The van der Waals surface area contributed by atoms with Gasteiger partial charge in [-0.25, -0.2) is 0 Å². The number of ether oxygens (including phenoxy) is 8. The van der Waals surface area contributed by atoms with E-state index in [-0.39, 0.29) is 85.1 Å². The molecule has 0 amide bonds. The van der Waals surface area contributed by atoms with Crippen LogP contribution in [0.2, 0.25) is 36.3 Å². The van der Waals surface area contributed by atoms with Crippen LogP contribution in [0.4, 0.5) is 0 Å². The Labute approximate surface area is 433 Å². The number of aldehydes is 1. The minimum atomic E-state index is -1.88. The van der Waals surface area contributed by atoms with E-state index in [1.807, 2.05) is 82.3 Å². The smallest absolute Gasteiger partial charge is 0.192 e. The largest absolute Gasteiger partial charge is 0.497 e. The topological polar surface area (TPSA) is 130 Å². The molecule has 0 spiro atoms. The third-order valence-electron chi connectivity index (χ3n) is 14.3. The molecule has 2 aliphatic rings. The summed E-state index contributed by atoms with van der Waals surface area (Å²) in [4.78, 5) is 11.3. The standard InChI is InChI=1S/C28H48O6Si.C28H46O6Si.CH4/c2*1-20(21(2)34-35(9,10)27(3,4)5)11-16-24(26-25(17-18-29)32-28(6,7)33-26)31-19-22-12-14-23(30-8)15-13-22;/h11-16,20-21,24-26,29H,17-19H2,1-10H3;11-16,18,20-21,24-26H,17,19H2,1-10H3;1H4/b2*16-11-;/t2*20-,21+,24?,25+,26-;/m11./s1. The Morgan fingerprint density at radius 2 is 0.958 bits per heavy atom. The molecular formula is C57H98O12Si2. The number of hydrogen-bond acceptors (Lipinski definition) is 12. The van der Waals surface area contributed by atoms with Gasteiger partial charge in [-0.1, -0.05) is 111 Å². The van der Waals surface area contributed by atoms with Crippen LogP contribution in [-0.2, 0) is 55.3 Å². The third-order valence-corrected chi connectivity index (χ3v) is 23.4. The second-order valence-electron chi connectivity index (χ2n) is 23.1. The molecule has 2 aromatic carbocycles. The predicted octanol–water partition coefficient (Wildman–Crippen LogP) is 13.0. The summed E-state index contributed by atoms with van der Waals surface area (Å²) in [5.74, 6) is 0.476. The highest BCUT2D eigenvalue weighted by Gasteiger charge is 2.46. The van der Waals surface area contributed by atoms with Crippen molar-refractivity contribution in [2.45, 2.75) is 227 Å². The molecule has 2 unspecified atom stereocenters. The lowest BCUT2D eigenvalue weighted by molar-refractivity contribution is -0.157. The maximum absolute atomic E-state index is 11.3. The number of benzene rings is 2. The van der Waals surface area contributed by atoms with Crippen LogP contribution in [-0.4, -0.2) is 109 Å². The van der Waals surface area contributed by atoms with Crippen LogP contribution in [0, 0.1) is 11.8 Å². The van der Waals surface area contributed by atoms with Gasteiger partial charge in [0.2, 0.25) is 0 Å². The zero-order valence-electron chi connectivity index (χ0n) is 46.8. The molecule has 2 fully saturated rings. The van der Waals surface area contributed by atoms with Gasteiger partial charge in [0.1, 0.15) is 42.2 Å². The molecular weight excluding hydrogens is 933 g/mol. The Morgan fingerprint density at radius 1 is 0.606 bits per heavy atom. The van der Waals surface area contributed by atoms with E-state index in [4.69, 9.17) is 46.7 Å². The fourth-order valence-corrected chi connectivity index (χ4v) is 10.6. The zero-order chi connectivity index (χ0) is 52.9. The molecule has 1 N–H and O–H groups in total. The molecule has 2 heterocycles. The van der Waals surface area contributed by atoms with E-state index < -0.39 is 34.3 Å². The summed E-state index contributed by atoms with van der Waals surface area (Å²) in [6, 6.07) is 15.7. The molecule has 2 saturated heterocycles. The molecule has 4 rings (SSSR count). The molecule has 71 heavy (non-hydrogen) atoms. The maximum Gasteiger partial charge on any atom is 0.192 e. The number of carbonyl (C=O) groups excluding carboxylic acids is 1. The lowest BCUT2D eigenvalue weighted by atomic mass is 10.0. The van der Waals surface area contributed by atoms with Crippen molar-refractivity contribution in [3.63, 3.8) is 0 Å². The molecule has 2 aliphatic heterocycles. The van der Waals surface area contributed by atoms with Crippen molar-refractivity contribution < 1.29 is 56.6 Å². The molecule has 0 bridgehead atoms. The Bertz CT molecular complexity index is 1900. The first kappa shape index (κ1) is 64.4. The Kier molecular flexibility index (Phi) is 25.1. The molecule has 10 atom stereocenters. The van der Waals surface area contributed by atoms with Crippen molar-refractivity contribution in [1.82, 2.24) is 0 Å². The first-order valence-corrected chi connectivity index (χ1v) is 31.2. The zero-order valence-corrected chi connectivity index (χ0v) is 48.8. The van der Waals surface area contributed by atoms with Gasteiger partial charge in [0.15, 0.2) is 28.2 Å². The Hall–Kier alpha value is -2.74. The lowest BCUT2D eigenvalue weighted by Crippen LogP contribution is -2.44. The average molecular weight is 1030 g/mol. The Morgan fingerprint density at radius 3 is 1.28 bits per heavy atom. The summed E-state index contributed by atoms with van der Waals surface area (Å²) in [5.41, 5.74) is 2.07. The third kappa shape index (κ3) is 20.1. The van der Waals surface area contributed by atoms with Crippen molar-refractivity contribution in [3.05, 3.63) is 84.0 Å². The predicted molar refractivity (Wildman–Crippen MR) is 292 cm³/mol. The van der Waals surface area contributed by atoms with Gasteiger partial charge in [0.05, 0.1) is 39.6 Å². The van der Waals surface area contributed by atoms with Crippen LogP contribution in [0.25, 0.3) is 0 Å². The van der Waals surface area contributed by atoms with Gasteiger partial charge in [-0.15, -0.1) is 0 Å². The highest BCUT2D eigenvalue weighted by molar-refractivity contribution is 6.74. The number of aliphatic hydroxyl groups is 1. The van der Waals surface area contributed by atoms with Crippen molar-refractivity contribution in [2.75, 3.05) is 20.8 Å². The van der Waals surface area contributed by atoms with E-state index in [0.717, 1.165) is 28.9 Å². The van der Waals surface area contributed by atoms with Crippen LogP contribution in [0.3, 0.4) is 0 Å². The SMILES string of the molecule is C.COc1ccc(COC(/C=C\[C@@H](C)[C@H](C)O[Si](C)(C)C(C)(C)C)[C@H]2OC(C)(C)O[C@H]2CC=O)cc1.COc1ccc(COC(/C=C\[C@@H](C)[C@H](C)O[Si](C)(C)C(C)(C)C)[C@H]2OC(C)(C)O[C@H]2CCO)cc1. The van der Waals surface area contributed by atoms with Crippen molar-refractivity contribution >= 4 is 22.9 Å². The van der Waals surface area contributed by atoms with Crippen LogP contribution in [0.15, 0.2) is 72.8 Å². The van der Waals surface area contributed by atoms with E-state index in [9.17, 15) is 9.90 Å². The average Bonchev–Trinajstić information content (AvgIpc) is 3.75. The summed E-state index contributed by atoms with van der Waals surface area (Å²) in [5, 5.41) is 9.91. The molecule has 0 saturated carbocycles. The lowest BCUT2D eigenvalue weighted by Gasteiger charge is -2.39. The summed E-state index contributed by atoms with van der Waals surface area (Å²) in [6.07, 6.45) is 8.16. The fraction of sp³-hybridized carbons (Fsp3) is 0.702. The Balaban J connectivity index is 0.000000480. The second kappa shape index (κ2) is 27.7. The number of aliphatic hydroxyl groups excluding tert-OH is 1. The first-order valence-electron chi connectivity index (χ1n) is 25.3. The minimum Gasteiger partial charge on any atom is -0.497 e. The van der Waals surface area contributed by atoms with E-state index >= 15 is 0 Å². The molecule has 0 aromatic heterocycles. The van der Waals surface area contributed by atoms with E-state index in [1.54, 1.807) is 14.2 Å². The number of methoxy groups -OCH3 is 2. The van der Waals surface area contributed by atoms with Crippen molar-refractivity contribution in [3.8, 4) is 11.5 Å². The van der Waals surface area contributed by atoms with Gasteiger partial charge in [-0.2, -0.15) is 0 Å². The highest BCUT2D eigenvalue weighted by Crippen LogP contribution is 2.40.